The second-order valence-electron chi connectivity index (χ2n) is 4.67. The number of hydrogen-bond donors (Lipinski definition) is 2. The molecule has 1 fully saturated rings. The second-order valence-corrected chi connectivity index (χ2v) is 4.67. The summed E-state index contributed by atoms with van der Waals surface area (Å²) in [7, 11) is 0. The highest BCUT2D eigenvalue weighted by molar-refractivity contribution is 5.67. The highest BCUT2D eigenvalue weighted by Gasteiger charge is 2.34. The molecule has 74 valence electrons. The van der Waals surface area contributed by atoms with Gasteiger partial charge in [0.1, 0.15) is 0 Å². The monoisotopic (exact) mass is 188 g/mol. The van der Waals surface area contributed by atoms with E-state index in [9.17, 15) is 0 Å². The lowest BCUT2D eigenvalue weighted by Crippen LogP contribution is -2.01. The van der Waals surface area contributed by atoms with Crippen LogP contribution in [0.15, 0.2) is 12.1 Å². The Labute approximate surface area is 84.3 Å². The van der Waals surface area contributed by atoms with Crippen LogP contribution in [-0.4, -0.2) is 0 Å². The van der Waals surface area contributed by atoms with E-state index in [1.807, 2.05) is 0 Å². The minimum absolute atomic E-state index is 0.760. The van der Waals surface area contributed by atoms with Gasteiger partial charge in [-0.1, -0.05) is 6.42 Å². The normalized spacial score (nSPS) is 28.9. The first-order valence-corrected chi connectivity index (χ1v) is 5.44. The molecule has 4 N–H and O–H groups in total. The van der Waals surface area contributed by atoms with E-state index in [-0.39, 0.29) is 0 Å². The maximum atomic E-state index is 5.85. The molecule has 1 aromatic carbocycles. The average Bonchev–Trinajstić information content (AvgIpc) is 2.42. The maximum Gasteiger partial charge on any atom is 0.0550 e. The first-order chi connectivity index (χ1) is 6.75. The van der Waals surface area contributed by atoms with Crippen LogP contribution in [0.4, 0.5) is 11.4 Å². The van der Waals surface area contributed by atoms with E-state index < -0.39 is 0 Å². The van der Waals surface area contributed by atoms with Crippen LogP contribution in [0.1, 0.15) is 48.6 Å². The van der Waals surface area contributed by atoms with Gasteiger partial charge in [-0.2, -0.15) is 0 Å². The Hall–Kier alpha value is -1.18. The van der Waals surface area contributed by atoms with Crippen LogP contribution >= 0.6 is 0 Å². The highest BCUT2D eigenvalue weighted by Crippen LogP contribution is 2.51. The first kappa shape index (κ1) is 8.16. The molecule has 0 saturated heterocycles. The molecule has 0 spiro atoms. The molecule has 2 bridgehead atoms. The molecule has 0 aromatic heterocycles. The smallest absolute Gasteiger partial charge is 0.0550 e. The van der Waals surface area contributed by atoms with Crippen LogP contribution in [0.25, 0.3) is 0 Å². The molecule has 0 heterocycles. The maximum absolute atomic E-state index is 5.85. The molecule has 3 rings (SSSR count). The van der Waals surface area contributed by atoms with Gasteiger partial charge in [0.25, 0.3) is 0 Å². The lowest BCUT2D eigenvalue weighted by Gasteiger charge is -2.18. The van der Waals surface area contributed by atoms with E-state index in [0.29, 0.717) is 0 Å². The number of benzene rings is 1. The third-order valence-corrected chi connectivity index (χ3v) is 3.84. The minimum atomic E-state index is 0.760. The van der Waals surface area contributed by atoms with Crippen LogP contribution in [0.2, 0.25) is 0 Å². The van der Waals surface area contributed by atoms with Gasteiger partial charge in [-0.15, -0.1) is 0 Å². The van der Waals surface area contributed by atoms with Crippen molar-refractivity contribution in [2.24, 2.45) is 0 Å². The Morgan fingerprint density at radius 2 is 1.43 bits per heavy atom. The molecule has 0 aliphatic heterocycles. The minimum Gasteiger partial charge on any atom is -0.397 e. The fourth-order valence-electron chi connectivity index (χ4n) is 3.13. The molecule has 2 aliphatic rings. The third-order valence-electron chi connectivity index (χ3n) is 3.84. The van der Waals surface area contributed by atoms with E-state index >= 15 is 0 Å². The fraction of sp³-hybridized carbons (Fsp3) is 0.500. The lowest BCUT2D eigenvalue weighted by molar-refractivity contribution is 0.435. The van der Waals surface area contributed by atoms with Crippen LogP contribution in [0.5, 0.6) is 0 Å². The zero-order chi connectivity index (χ0) is 9.71. The second kappa shape index (κ2) is 2.66. The van der Waals surface area contributed by atoms with Gasteiger partial charge >= 0.3 is 0 Å². The van der Waals surface area contributed by atoms with Crippen molar-refractivity contribution in [2.75, 3.05) is 11.5 Å². The molecule has 2 atom stereocenters. The van der Waals surface area contributed by atoms with Crippen LogP contribution in [0, 0.1) is 0 Å². The van der Waals surface area contributed by atoms with E-state index in [0.717, 1.165) is 23.2 Å². The Morgan fingerprint density at radius 3 is 1.93 bits per heavy atom. The summed E-state index contributed by atoms with van der Waals surface area (Å²) in [5, 5.41) is 0. The number of nitrogens with two attached hydrogens (primary N) is 2. The summed E-state index contributed by atoms with van der Waals surface area (Å²) >= 11 is 0. The summed E-state index contributed by atoms with van der Waals surface area (Å²) in [5.74, 6) is 1.54. The van der Waals surface area contributed by atoms with E-state index in [1.54, 1.807) is 0 Å². The van der Waals surface area contributed by atoms with Gasteiger partial charge in [-0.25, -0.2) is 0 Å². The number of nitrogen functional groups attached to an aromatic ring is 2. The molecular weight excluding hydrogens is 172 g/mol. The predicted molar refractivity (Wildman–Crippen MR) is 59.2 cm³/mol. The van der Waals surface area contributed by atoms with E-state index in [4.69, 9.17) is 11.5 Å². The Morgan fingerprint density at radius 1 is 0.929 bits per heavy atom. The number of rotatable bonds is 0. The predicted octanol–water partition coefficient (Wildman–Crippen LogP) is 2.61. The van der Waals surface area contributed by atoms with Crippen molar-refractivity contribution in [3.05, 3.63) is 23.3 Å². The van der Waals surface area contributed by atoms with Crippen molar-refractivity contribution >= 4 is 11.4 Å². The summed E-state index contributed by atoms with van der Waals surface area (Å²) < 4.78 is 0. The summed E-state index contributed by atoms with van der Waals surface area (Å²) in [6.45, 7) is 0. The zero-order valence-corrected chi connectivity index (χ0v) is 8.29. The molecule has 1 unspecified atom stereocenters. The van der Waals surface area contributed by atoms with Crippen LogP contribution in [0.3, 0.4) is 0 Å². The van der Waals surface area contributed by atoms with Crippen LogP contribution < -0.4 is 11.5 Å². The van der Waals surface area contributed by atoms with Gasteiger partial charge in [0.05, 0.1) is 11.4 Å². The van der Waals surface area contributed by atoms with Crippen molar-refractivity contribution < 1.29 is 0 Å². The molecular formula is C12H16N2. The van der Waals surface area contributed by atoms with E-state index in [1.165, 1.54) is 36.8 Å². The first-order valence-electron chi connectivity index (χ1n) is 5.44. The topological polar surface area (TPSA) is 52.0 Å². The van der Waals surface area contributed by atoms with Crippen molar-refractivity contribution in [3.8, 4) is 0 Å². The summed E-state index contributed by atoms with van der Waals surface area (Å²) in [5.41, 5.74) is 16.2. The molecule has 0 amide bonds. The largest absolute Gasteiger partial charge is 0.397 e. The Balaban J connectivity index is 2.17. The molecule has 0 radical (unpaired) electrons. The van der Waals surface area contributed by atoms with Crippen molar-refractivity contribution in [3.63, 3.8) is 0 Å². The lowest BCUT2D eigenvalue weighted by atomic mass is 9.87. The van der Waals surface area contributed by atoms with Crippen LogP contribution in [-0.2, 0) is 0 Å². The van der Waals surface area contributed by atoms with Crippen molar-refractivity contribution in [1.82, 2.24) is 0 Å². The Kier molecular flexibility index (Phi) is 1.55. The average molecular weight is 188 g/mol. The number of fused-ring (bicyclic) bond motifs is 5. The van der Waals surface area contributed by atoms with Gasteiger partial charge in [-0.3, -0.25) is 0 Å². The quantitative estimate of drug-likeness (QED) is 0.615. The van der Waals surface area contributed by atoms with Gasteiger partial charge in [0, 0.05) is 0 Å². The fourth-order valence-corrected chi connectivity index (χ4v) is 3.13. The van der Waals surface area contributed by atoms with E-state index in [2.05, 4.69) is 12.1 Å². The Bertz CT molecular complexity index is 349. The highest BCUT2D eigenvalue weighted by atomic mass is 14.7. The molecule has 14 heavy (non-hydrogen) atoms. The molecule has 2 nitrogen and oxygen atoms in total. The van der Waals surface area contributed by atoms with Gasteiger partial charge < -0.3 is 11.5 Å². The summed E-state index contributed by atoms with van der Waals surface area (Å²) in [6, 6.07) is 4.22. The molecule has 2 heteroatoms. The van der Waals surface area contributed by atoms with Gasteiger partial charge in [-0.05, 0) is 54.4 Å². The number of anilines is 2. The SMILES string of the molecule is Nc1cc2c(cc1N)[C@@H]1CCCC2C1. The number of hydrogen-bond acceptors (Lipinski definition) is 2. The van der Waals surface area contributed by atoms with Crippen molar-refractivity contribution in [2.45, 2.75) is 37.5 Å². The third kappa shape index (κ3) is 0.969. The molecule has 1 saturated carbocycles. The van der Waals surface area contributed by atoms with Crippen molar-refractivity contribution in [1.29, 1.82) is 0 Å². The molecule has 2 aliphatic carbocycles. The van der Waals surface area contributed by atoms with Gasteiger partial charge in [0.2, 0.25) is 0 Å². The summed E-state index contributed by atoms with van der Waals surface area (Å²) in [4.78, 5) is 0. The summed E-state index contributed by atoms with van der Waals surface area (Å²) in [6.07, 6.45) is 5.38. The molecule has 1 aromatic rings. The zero-order valence-electron chi connectivity index (χ0n) is 8.29. The standard InChI is InChI=1S/C12H16N2/c13-11-5-9-7-2-1-3-8(4-7)10(9)6-12(11)14/h5-8H,1-4,13-14H2/t7-,8?/m1/s1. The van der Waals surface area contributed by atoms with Gasteiger partial charge in [0.15, 0.2) is 0 Å².